The first-order valence-electron chi connectivity index (χ1n) is 5.08. The topological polar surface area (TPSA) is 35.5 Å². The Morgan fingerprint density at radius 2 is 1.60 bits per heavy atom. The summed E-state index contributed by atoms with van der Waals surface area (Å²) >= 11 is 1.24. The van der Waals surface area contributed by atoms with Crippen molar-refractivity contribution in [3.05, 3.63) is 0 Å². The second kappa shape index (κ2) is 5.72. The van der Waals surface area contributed by atoms with Gasteiger partial charge in [0.25, 0.3) is 0 Å². The van der Waals surface area contributed by atoms with Crippen molar-refractivity contribution >= 4 is 19.8 Å². The number of rotatable bonds is 6. The summed E-state index contributed by atoms with van der Waals surface area (Å²) in [7, 11) is -2.02. The molecule has 92 valence electrons. The maximum Gasteiger partial charge on any atom is 0.137 e. The van der Waals surface area contributed by atoms with E-state index >= 15 is 0 Å². The second-order valence-corrected chi connectivity index (χ2v) is 8.33. The molecule has 0 bridgehead atoms. The second-order valence-electron chi connectivity index (χ2n) is 4.77. The minimum absolute atomic E-state index is 0.0685. The van der Waals surface area contributed by atoms with Gasteiger partial charge in [0, 0.05) is 6.26 Å². The lowest BCUT2D eigenvalue weighted by atomic mass is 10.4. The fraction of sp³-hybridized carbons (Fsp3) is 1.00. The van der Waals surface area contributed by atoms with E-state index in [1.54, 1.807) is 0 Å². The molecule has 0 aliphatic rings. The van der Waals surface area contributed by atoms with Gasteiger partial charge in [0.1, 0.15) is 18.5 Å². The van der Waals surface area contributed by atoms with E-state index in [1.165, 1.54) is 12.0 Å². The summed E-state index contributed by atoms with van der Waals surface area (Å²) in [5.74, 6) is 0. The van der Waals surface area contributed by atoms with Gasteiger partial charge in [-0.3, -0.25) is 0 Å². The summed E-state index contributed by atoms with van der Waals surface area (Å²) in [6.07, 6.45) is 1.90. The van der Waals surface area contributed by atoms with Crippen LogP contribution in [0, 0.1) is 0 Å². The van der Waals surface area contributed by atoms with Crippen LogP contribution >= 0.6 is 19.8 Å². The minimum atomic E-state index is -2.02. The van der Waals surface area contributed by atoms with Gasteiger partial charge in [0.2, 0.25) is 0 Å². The Labute approximate surface area is 98.3 Å². The molecule has 0 saturated carbocycles. The molecule has 1 atom stereocenters. The zero-order valence-electron chi connectivity index (χ0n) is 10.7. The maximum absolute atomic E-state index is 12.3. The van der Waals surface area contributed by atoms with E-state index in [9.17, 15) is 4.57 Å². The van der Waals surface area contributed by atoms with Gasteiger partial charge in [-0.15, -0.1) is 0 Å². The lowest BCUT2D eigenvalue weighted by molar-refractivity contribution is -0.00380. The van der Waals surface area contributed by atoms with E-state index in [0.717, 1.165) is 0 Å². The van der Waals surface area contributed by atoms with Gasteiger partial charge in [0.15, 0.2) is 0 Å². The zero-order valence-corrected chi connectivity index (χ0v) is 12.5. The van der Waals surface area contributed by atoms with Crippen LogP contribution in [0.3, 0.4) is 0 Å². The molecule has 0 aliphatic heterocycles. The van der Waals surface area contributed by atoms with E-state index in [1.807, 2.05) is 47.8 Å². The maximum atomic E-state index is 12.3. The van der Waals surface area contributed by atoms with Crippen LogP contribution in [-0.4, -0.2) is 23.0 Å². The van der Waals surface area contributed by atoms with Crippen molar-refractivity contribution in [3.63, 3.8) is 0 Å². The molecule has 0 saturated heterocycles. The fourth-order valence-corrected chi connectivity index (χ4v) is 4.38. The van der Waals surface area contributed by atoms with Crippen molar-refractivity contribution in [1.29, 1.82) is 0 Å². The molecule has 1 unspecified atom stereocenters. The van der Waals surface area contributed by atoms with Crippen LogP contribution in [0.15, 0.2) is 0 Å². The summed E-state index contributed by atoms with van der Waals surface area (Å²) in [6.45, 7) is 11.3. The Morgan fingerprint density at radius 3 is 1.93 bits per heavy atom. The molecular weight excluding hydrogens is 231 g/mol. The molecule has 0 aliphatic carbocycles. The van der Waals surface area contributed by atoms with Gasteiger partial charge in [-0.2, -0.15) is 0 Å². The van der Waals surface area contributed by atoms with E-state index < -0.39 is 18.5 Å². The first-order chi connectivity index (χ1) is 6.63. The Morgan fingerprint density at radius 1 is 1.13 bits per heavy atom. The molecule has 3 nitrogen and oxygen atoms in total. The first kappa shape index (κ1) is 15.5. The molecule has 0 amide bonds. The van der Waals surface area contributed by atoms with Gasteiger partial charge in [-0.05, 0) is 53.6 Å². The highest BCUT2D eigenvalue weighted by molar-refractivity contribution is 7.94. The highest BCUT2D eigenvalue weighted by atomic mass is 32.2. The average Bonchev–Trinajstić information content (AvgIpc) is 2.00. The average molecular weight is 254 g/mol. The summed E-state index contributed by atoms with van der Waals surface area (Å²) in [5, 5.41) is -1.26. The summed E-state index contributed by atoms with van der Waals surface area (Å²) in [4.78, 5) is 0. The molecular formula is C10H23O3PS. The van der Waals surface area contributed by atoms with Crippen LogP contribution in [0.1, 0.15) is 41.5 Å². The van der Waals surface area contributed by atoms with Crippen molar-refractivity contribution in [2.24, 2.45) is 0 Å². The fourth-order valence-electron chi connectivity index (χ4n) is 1.61. The van der Waals surface area contributed by atoms with Gasteiger partial charge in [0.05, 0.1) is 6.10 Å². The van der Waals surface area contributed by atoms with Crippen molar-refractivity contribution in [2.75, 3.05) is 6.26 Å². The molecule has 0 rings (SSSR count). The highest BCUT2D eigenvalue weighted by Gasteiger charge is 2.39. The highest BCUT2D eigenvalue weighted by Crippen LogP contribution is 2.52. The largest absolute Gasteiger partial charge is 0.365 e. The molecule has 5 heteroatoms. The van der Waals surface area contributed by atoms with E-state index in [-0.39, 0.29) is 6.10 Å². The molecule has 15 heavy (non-hydrogen) atoms. The molecule has 0 radical (unpaired) electrons. The molecule has 0 spiro atoms. The molecule has 0 heterocycles. The van der Waals surface area contributed by atoms with Crippen molar-refractivity contribution in [3.8, 4) is 0 Å². The Balaban J connectivity index is 4.67. The molecule has 0 aromatic rings. The van der Waals surface area contributed by atoms with Crippen LogP contribution in [0.5, 0.6) is 0 Å². The predicted octanol–water partition coefficient (Wildman–Crippen LogP) is 3.74. The van der Waals surface area contributed by atoms with Gasteiger partial charge >= 0.3 is 0 Å². The van der Waals surface area contributed by atoms with E-state index in [2.05, 4.69) is 0 Å². The van der Waals surface area contributed by atoms with Crippen molar-refractivity contribution in [1.82, 2.24) is 0 Å². The first-order valence-corrected chi connectivity index (χ1v) is 7.64. The molecule has 0 fully saturated rings. The Kier molecular flexibility index (Phi) is 5.91. The Hall–Kier alpha value is 0.500. The number of ether oxygens (including phenoxy) is 1. The lowest BCUT2D eigenvalue weighted by Crippen LogP contribution is -2.31. The van der Waals surface area contributed by atoms with E-state index in [0.29, 0.717) is 0 Å². The number of hydrogen-bond donors (Lipinski definition) is 0. The standard InChI is InChI=1S/C10H23O3PS/c1-8(2)12-9(3,4)14(11)10(5,6)13-15-7/h8,14H,1-7H3. The van der Waals surface area contributed by atoms with Gasteiger partial charge in [-0.25, -0.2) is 0 Å². The minimum Gasteiger partial charge on any atom is -0.365 e. The van der Waals surface area contributed by atoms with Crippen molar-refractivity contribution in [2.45, 2.75) is 58.3 Å². The monoisotopic (exact) mass is 254 g/mol. The molecule has 0 aromatic carbocycles. The summed E-state index contributed by atoms with van der Waals surface area (Å²) in [6, 6.07) is 0. The van der Waals surface area contributed by atoms with Gasteiger partial charge in [-0.1, -0.05) is 0 Å². The zero-order chi connectivity index (χ0) is 12.3. The van der Waals surface area contributed by atoms with Crippen molar-refractivity contribution < 1.29 is 13.5 Å². The van der Waals surface area contributed by atoms with Crippen LogP contribution in [0.2, 0.25) is 0 Å². The SMILES string of the molecule is CSOC(C)(C)[PH](=O)C(C)(C)OC(C)C. The lowest BCUT2D eigenvalue weighted by Gasteiger charge is -2.34. The van der Waals surface area contributed by atoms with Crippen LogP contribution < -0.4 is 0 Å². The normalized spacial score (nSPS) is 15.7. The van der Waals surface area contributed by atoms with Gasteiger partial charge < -0.3 is 13.5 Å². The molecule has 0 N–H and O–H groups in total. The quantitative estimate of drug-likeness (QED) is 0.534. The molecule has 0 aromatic heterocycles. The summed E-state index contributed by atoms with van der Waals surface area (Å²) in [5.41, 5.74) is 0. The van der Waals surface area contributed by atoms with E-state index in [4.69, 9.17) is 8.92 Å². The Bertz CT molecular complexity index is 227. The third kappa shape index (κ3) is 4.90. The smallest absolute Gasteiger partial charge is 0.137 e. The van der Waals surface area contributed by atoms with Crippen LogP contribution in [-0.2, 0) is 13.5 Å². The third-order valence-corrected chi connectivity index (χ3v) is 5.05. The predicted molar refractivity (Wildman–Crippen MR) is 68.0 cm³/mol. The number of hydrogen-bond acceptors (Lipinski definition) is 4. The van der Waals surface area contributed by atoms with Crippen LogP contribution in [0.25, 0.3) is 0 Å². The summed E-state index contributed by atoms with van der Waals surface area (Å²) < 4.78 is 23.4. The third-order valence-electron chi connectivity index (χ3n) is 1.92. The van der Waals surface area contributed by atoms with Crippen LogP contribution in [0.4, 0.5) is 0 Å².